The van der Waals surface area contributed by atoms with Crippen molar-refractivity contribution in [2.75, 3.05) is 0 Å². The first-order valence-corrected chi connectivity index (χ1v) is 5.71. The average Bonchev–Trinajstić information content (AvgIpc) is 2.28. The number of hydrogen-bond acceptors (Lipinski definition) is 2. The van der Waals surface area contributed by atoms with Crippen LogP contribution in [0.4, 0.5) is 0 Å². The molecule has 0 heterocycles. The highest BCUT2D eigenvalue weighted by atomic mass is 16.1. The lowest BCUT2D eigenvalue weighted by Gasteiger charge is -2.15. The maximum Gasteiger partial charge on any atom is 0.218 e. The SMILES string of the molecule is NC(=O)CCCC(CC(N)=O)c1ccccc1. The normalized spacial score (nSPS) is 12.0. The standard InChI is InChI=1S/C13H18N2O2/c14-12(16)8-4-7-11(9-13(15)17)10-5-2-1-3-6-10/h1-3,5-6,11H,4,7-9H2,(H2,14,16)(H2,15,17). The third-order valence-electron chi connectivity index (χ3n) is 2.69. The Kier molecular flexibility index (Phi) is 5.20. The fourth-order valence-corrected chi connectivity index (χ4v) is 1.88. The zero-order valence-electron chi connectivity index (χ0n) is 9.76. The van der Waals surface area contributed by atoms with Crippen molar-refractivity contribution >= 4 is 11.8 Å². The highest BCUT2D eigenvalue weighted by molar-refractivity contribution is 5.75. The van der Waals surface area contributed by atoms with Gasteiger partial charge in [0.1, 0.15) is 0 Å². The third kappa shape index (κ3) is 5.15. The van der Waals surface area contributed by atoms with Crippen LogP contribution < -0.4 is 11.5 Å². The van der Waals surface area contributed by atoms with E-state index in [4.69, 9.17) is 11.5 Å². The van der Waals surface area contributed by atoms with Gasteiger partial charge < -0.3 is 11.5 Å². The first-order valence-electron chi connectivity index (χ1n) is 5.71. The predicted molar refractivity (Wildman–Crippen MR) is 66.0 cm³/mol. The summed E-state index contributed by atoms with van der Waals surface area (Å²) in [4.78, 5) is 21.7. The number of nitrogens with two attached hydrogens (primary N) is 2. The Morgan fingerprint density at radius 2 is 1.71 bits per heavy atom. The van der Waals surface area contributed by atoms with Gasteiger partial charge in [0.25, 0.3) is 0 Å². The molecule has 4 nitrogen and oxygen atoms in total. The number of carbonyl (C=O) groups is 2. The summed E-state index contributed by atoms with van der Waals surface area (Å²) in [6.45, 7) is 0. The van der Waals surface area contributed by atoms with Crippen molar-refractivity contribution in [3.8, 4) is 0 Å². The number of primary amides is 2. The van der Waals surface area contributed by atoms with Gasteiger partial charge >= 0.3 is 0 Å². The fraction of sp³-hybridized carbons (Fsp3) is 0.385. The highest BCUT2D eigenvalue weighted by Gasteiger charge is 2.14. The fourth-order valence-electron chi connectivity index (χ4n) is 1.88. The van der Waals surface area contributed by atoms with Gasteiger partial charge in [-0.1, -0.05) is 30.3 Å². The van der Waals surface area contributed by atoms with Crippen LogP contribution in [0.3, 0.4) is 0 Å². The number of rotatable bonds is 7. The molecule has 0 spiro atoms. The van der Waals surface area contributed by atoms with Crippen LogP contribution in [0.1, 0.15) is 37.2 Å². The molecule has 0 bridgehead atoms. The Bertz CT molecular complexity index is 376. The molecule has 0 aliphatic rings. The first kappa shape index (κ1) is 13.2. The average molecular weight is 234 g/mol. The lowest BCUT2D eigenvalue weighted by molar-refractivity contribution is -0.118. The molecule has 0 saturated carbocycles. The van der Waals surface area contributed by atoms with E-state index in [1.165, 1.54) is 0 Å². The quantitative estimate of drug-likeness (QED) is 0.745. The van der Waals surface area contributed by atoms with Crippen LogP contribution in [0, 0.1) is 0 Å². The molecule has 0 aliphatic carbocycles. The predicted octanol–water partition coefficient (Wildman–Crippen LogP) is 1.30. The maximum atomic E-state index is 11.0. The largest absolute Gasteiger partial charge is 0.370 e. The third-order valence-corrected chi connectivity index (χ3v) is 2.69. The van der Waals surface area contributed by atoms with Crippen molar-refractivity contribution in [3.63, 3.8) is 0 Å². The van der Waals surface area contributed by atoms with Crippen LogP contribution in [-0.2, 0) is 9.59 Å². The zero-order valence-corrected chi connectivity index (χ0v) is 9.76. The van der Waals surface area contributed by atoms with Gasteiger partial charge in [0.2, 0.25) is 11.8 Å². The van der Waals surface area contributed by atoms with Crippen molar-refractivity contribution in [1.82, 2.24) is 0 Å². The topological polar surface area (TPSA) is 86.2 Å². The molecule has 4 heteroatoms. The molecule has 1 aromatic rings. The summed E-state index contributed by atoms with van der Waals surface area (Å²) >= 11 is 0. The molecule has 0 aliphatic heterocycles. The molecule has 92 valence electrons. The number of amides is 2. The molecule has 1 rings (SSSR count). The summed E-state index contributed by atoms with van der Waals surface area (Å²) in [6, 6.07) is 9.72. The lowest BCUT2D eigenvalue weighted by atomic mass is 9.90. The highest BCUT2D eigenvalue weighted by Crippen LogP contribution is 2.25. The molecule has 1 aromatic carbocycles. The van der Waals surface area contributed by atoms with E-state index < -0.39 is 0 Å². The first-order chi connectivity index (χ1) is 8.09. The number of benzene rings is 1. The molecule has 0 saturated heterocycles. The Morgan fingerprint density at radius 3 is 2.24 bits per heavy atom. The minimum atomic E-state index is -0.321. The molecule has 1 unspecified atom stereocenters. The summed E-state index contributed by atoms with van der Waals surface area (Å²) in [6.07, 6.45) is 2.09. The van der Waals surface area contributed by atoms with E-state index in [1.807, 2.05) is 30.3 Å². The van der Waals surface area contributed by atoms with Gasteiger partial charge in [0.05, 0.1) is 0 Å². The van der Waals surface area contributed by atoms with Crippen molar-refractivity contribution in [2.24, 2.45) is 11.5 Å². The van der Waals surface area contributed by atoms with E-state index in [-0.39, 0.29) is 17.7 Å². The van der Waals surface area contributed by atoms with E-state index in [9.17, 15) is 9.59 Å². The monoisotopic (exact) mass is 234 g/mol. The van der Waals surface area contributed by atoms with Crippen molar-refractivity contribution in [2.45, 2.75) is 31.6 Å². The summed E-state index contributed by atoms with van der Waals surface area (Å²) < 4.78 is 0. The maximum absolute atomic E-state index is 11.0. The molecular weight excluding hydrogens is 216 g/mol. The van der Waals surface area contributed by atoms with E-state index in [2.05, 4.69) is 0 Å². The molecule has 17 heavy (non-hydrogen) atoms. The summed E-state index contributed by atoms with van der Waals surface area (Å²) in [7, 11) is 0. The zero-order chi connectivity index (χ0) is 12.7. The minimum Gasteiger partial charge on any atom is -0.370 e. The number of hydrogen-bond donors (Lipinski definition) is 2. The van der Waals surface area contributed by atoms with Gasteiger partial charge in [-0.15, -0.1) is 0 Å². The van der Waals surface area contributed by atoms with E-state index in [1.54, 1.807) is 0 Å². The van der Waals surface area contributed by atoms with Gasteiger partial charge in [-0.05, 0) is 24.3 Å². The van der Waals surface area contributed by atoms with Crippen LogP contribution in [-0.4, -0.2) is 11.8 Å². The number of carbonyl (C=O) groups excluding carboxylic acids is 2. The van der Waals surface area contributed by atoms with Crippen LogP contribution in [0.2, 0.25) is 0 Å². The van der Waals surface area contributed by atoms with Gasteiger partial charge in [-0.2, -0.15) is 0 Å². The Balaban J connectivity index is 2.61. The Labute approximate surface area is 101 Å². The van der Waals surface area contributed by atoms with Crippen LogP contribution >= 0.6 is 0 Å². The van der Waals surface area contributed by atoms with Crippen LogP contribution in [0.5, 0.6) is 0 Å². The van der Waals surface area contributed by atoms with Crippen molar-refractivity contribution in [3.05, 3.63) is 35.9 Å². The van der Waals surface area contributed by atoms with Gasteiger partial charge in [-0.3, -0.25) is 9.59 Å². The smallest absolute Gasteiger partial charge is 0.218 e. The molecule has 0 fully saturated rings. The van der Waals surface area contributed by atoms with Crippen LogP contribution in [0.15, 0.2) is 30.3 Å². The molecule has 2 amide bonds. The summed E-state index contributed by atoms with van der Waals surface area (Å²) in [5, 5.41) is 0. The Hall–Kier alpha value is -1.84. The second-order valence-electron chi connectivity index (χ2n) is 4.14. The van der Waals surface area contributed by atoms with Crippen LogP contribution in [0.25, 0.3) is 0 Å². The molecule has 0 aromatic heterocycles. The van der Waals surface area contributed by atoms with E-state index in [0.717, 1.165) is 12.0 Å². The molecule has 0 radical (unpaired) electrons. The molecule has 4 N–H and O–H groups in total. The van der Waals surface area contributed by atoms with Crippen molar-refractivity contribution in [1.29, 1.82) is 0 Å². The molecule has 1 atom stereocenters. The van der Waals surface area contributed by atoms with E-state index >= 15 is 0 Å². The van der Waals surface area contributed by atoms with Gasteiger partial charge in [0.15, 0.2) is 0 Å². The van der Waals surface area contributed by atoms with Gasteiger partial charge in [0, 0.05) is 12.8 Å². The second-order valence-corrected chi connectivity index (χ2v) is 4.14. The Morgan fingerprint density at radius 1 is 1.06 bits per heavy atom. The minimum absolute atomic E-state index is 0.0769. The summed E-state index contributed by atoms with van der Waals surface area (Å²) in [5.74, 6) is -0.554. The second kappa shape index (κ2) is 6.68. The van der Waals surface area contributed by atoms with Crippen molar-refractivity contribution < 1.29 is 9.59 Å². The summed E-state index contributed by atoms with van der Waals surface area (Å²) in [5.41, 5.74) is 11.4. The van der Waals surface area contributed by atoms with E-state index in [0.29, 0.717) is 19.3 Å². The van der Waals surface area contributed by atoms with Gasteiger partial charge in [-0.25, -0.2) is 0 Å². The molecular formula is C13H18N2O2. The lowest BCUT2D eigenvalue weighted by Crippen LogP contribution is -2.16.